The van der Waals surface area contributed by atoms with Crippen molar-refractivity contribution in [2.45, 2.75) is 134 Å². The van der Waals surface area contributed by atoms with Crippen LogP contribution < -0.4 is 35.2 Å². The molecule has 2 unspecified atom stereocenters. The van der Waals surface area contributed by atoms with Gasteiger partial charge in [-0.2, -0.15) is 9.97 Å². The van der Waals surface area contributed by atoms with Crippen molar-refractivity contribution in [2.24, 2.45) is 5.41 Å². The summed E-state index contributed by atoms with van der Waals surface area (Å²) in [6, 6.07) is 12.1. The minimum atomic E-state index is -0.975. The average Bonchev–Trinajstić information content (AvgIpc) is 3.41. The van der Waals surface area contributed by atoms with E-state index < -0.39 is 53.1 Å². The monoisotopic (exact) mass is 1140 g/mol. The van der Waals surface area contributed by atoms with Crippen molar-refractivity contribution in [2.75, 3.05) is 82.8 Å². The third kappa shape index (κ3) is 13.1. The molecule has 0 spiro atoms. The number of aliphatic hydroxyl groups excluding tert-OH is 1. The first-order valence-corrected chi connectivity index (χ1v) is 29.0. The highest BCUT2D eigenvalue weighted by Crippen LogP contribution is 2.40. The maximum absolute atomic E-state index is 17.4. The van der Waals surface area contributed by atoms with Gasteiger partial charge in [-0.25, -0.2) is 15.4 Å². The molecule has 3 amide bonds. The van der Waals surface area contributed by atoms with Gasteiger partial charge in [0, 0.05) is 107 Å². The quantitative estimate of drug-likeness (QED) is 0.0256. The fraction of sp³-hybridized carbons (Fsp3) is 0.532. The van der Waals surface area contributed by atoms with Gasteiger partial charge >= 0.3 is 6.01 Å². The third-order valence-corrected chi connectivity index (χ3v) is 16.8. The van der Waals surface area contributed by atoms with Crippen LogP contribution in [0, 0.1) is 36.0 Å². The van der Waals surface area contributed by atoms with Gasteiger partial charge in [0.05, 0.1) is 29.7 Å². The highest BCUT2D eigenvalue weighted by Gasteiger charge is 2.45. The van der Waals surface area contributed by atoms with Crippen LogP contribution in [-0.4, -0.2) is 163 Å². The van der Waals surface area contributed by atoms with Gasteiger partial charge in [0.1, 0.15) is 47.3 Å². The summed E-state index contributed by atoms with van der Waals surface area (Å²) in [5, 5.41) is 21.6. The number of rotatable bonds is 21. The fourth-order valence-electron chi connectivity index (χ4n) is 12.5. The van der Waals surface area contributed by atoms with Gasteiger partial charge < -0.3 is 54.7 Å². The number of terminal acetylenes is 1. The van der Waals surface area contributed by atoms with Crippen LogP contribution in [0.3, 0.4) is 0 Å². The number of anilines is 2. The molecule has 4 N–H and O–H groups in total. The summed E-state index contributed by atoms with van der Waals surface area (Å²) in [6.07, 6.45) is 12.7. The molecule has 19 nitrogen and oxygen atoms in total. The number of benzene rings is 3. The van der Waals surface area contributed by atoms with Crippen LogP contribution in [-0.2, 0) is 23.9 Å². The number of halogens is 2. The number of nitrogens with zero attached hydrogens (tertiary/aromatic N) is 8. The van der Waals surface area contributed by atoms with Crippen LogP contribution in [0.5, 0.6) is 11.8 Å². The summed E-state index contributed by atoms with van der Waals surface area (Å²) >= 11 is 0. The summed E-state index contributed by atoms with van der Waals surface area (Å²) in [5.74, 6) is 0.744. The average molecular weight is 1140 g/mol. The maximum Gasteiger partial charge on any atom is 0.319 e. The Bertz CT molecular complexity index is 3270. The van der Waals surface area contributed by atoms with Crippen molar-refractivity contribution in [3.63, 3.8) is 0 Å². The Morgan fingerprint density at radius 2 is 1.75 bits per heavy atom. The van der Waals surface area contributed by atoms with Crippen molar-refractivity contribution in [3.8, 4) is 35.4 Å². The number of likely N-dealkylation sites (tertiary alicyclic amines) is 2. The molecule has 8 atom stereocenters. The minimum Gasteiger partial charge on any atom is -0.468 e. The summed E-state index contributed by atoms with van der Waals surface area (Å²) in [6.45, 7) is 19.3. The molecule has 5 aliphatic rings. The summed E-state index contributed by atoms with van der Waals surface area (Å²) in [4.78, 5) is 67.5. The topological polar surface area (TPSA) is 200 Å². The Morgan fingerprint density at radius 3 is 2.48 bits per heavy atom. The number of fused-ring (bicyclic) bond motifs is 4. The zero-order chi connectivity index (χ0) is 58.5. The molecule has 0 saturated carbocycles. The fourth-order valence-corrected chi connectivity index (χ4v) is 12.5. The van der Waals surface area contributed by atoms with Gasteiger partial charge in [0.2, 0.25) is 17.7 Å². The maximum atomic E-state index is 17.4. The van der Waals surface area contributed by atoms with Crippen molar-refractivity contribution in [1.82, 2.24) is 40.7 Å². The number of aliphatic hydroxyl groups is 1. The summed E-state index contributed by atoms with van der Waals surface area (Å²) < 4.78 is 56.0. The van der Waals surface area contributed by atoms with E-state index in [4.69, 9.17) is 41.9 Å². The second kappa shape index (κ2) is 25.7. The molecule has 3 aromatic carbocycles. The van der Waals surface area contributed by atoms with Crippen molar-refractivity contribution in [1.29, 1.82) is 0 Å². The van der Waals surface area contributed by atoms with Gasteiger partial charge in [-0.05, 0) is 98.7 Å². The Hall–Kier alpha value is -7.27. The van der Waals surface area contributed by atoms with E-state index >= 15 is 8.78 Å². The van der Waals surface area contributed by atoms with Gasteiger partial charge in [-0.15, -0.1) is 6.42 Å². The number of carbonyl (C=O) groups excluding carboxylic acids is 3. The van der Waals surface area contributed by atoms with E-state index in [9.17, 15) is 19.5 Å². The zero-order valence-electron chi connectivity index (χ0n) is 48.0. The number of aromatic nitrogens is 3. The number of carbonyl (C=O) groups is 3. The lowest BCUT2D eigenvalue weighted by Crippen LogP contribution is -2.58. The molecule has 10 rings (SSSR count). The van der Waals surface area contributed by atoms with Gasteiger partial charge in [-0.3, -0.25) is 29.1 Å². The number of methoxy groups -OCH3 is 1. The standard InChI is InChI=1S/C62H75F2N11O8/c1-8-46-49(63)21-16-39-28-45(83-36-80-7)30-47(53(39)46)55-54(64)56-48(31-66-55)58(73-32-40-17-18-41(33-73)68-40)71-61(70-56)82-35-43-12-9-23-72(43)24-11-26-81-27-22-52(77)69-57(62(3,4)5)60(79)75-34-44(76)29-50(75)59(78)67-37(2)38-14-19-42(20-15-38)74-25-10-13-51(74)65-6/h1,14-16,19-21,28,30-31,37,40-41,43-44,50-51,57,68,76H,9-13,17-18,22-27,29,32-36H2,2-5,7H3,(H,67,78)(H,69,77)/t37-,40?,41?,43-,44+,50-,51-,57+/m0/s1. The highest BCUT2D eigenvalue weighted by atomic mass is 19.1. The molecule has 83 heavy (non-hydrogen) atoms. The lowest BCUT2D eigenvalue weighted by Gasteiger charge is -2.35. The first kappa shape index (κ1) is 58.9. The predicted octanol–water partition coefficient (Wildman–Crippen LogP) is 6.88. The van der Waals surface area contributed by atoms with E-state index in [-0.39, 0.29) is 97.9 Å². The normalized spacial score (nSPS) is 22.4. The van der Waals surface area contributed by atoms with Crippen LogP contribution in [0.25, 0.3) is 37.8 Å². The number of ether oxygens (including phenoxy) is 4. The number of pyridine rings is 1. The van der Waals surface area contributed by atoms with Crippen LogP contribution in [0.15, 0.2) is 54.7 Å². The van der Waals surface area contributed by atoms with E-state index in [2.05, 4.69) is 46.4 Å². The molecule has 5 aromatic rings. The van der Waals surface area contributed by atoms with Crippen LogP contribution >= 0.6 is 0 Å². The molecule has 5 fully saturated rings. The number of hydrogen-bond acceptors (Lipinski definition) is 15. The SMILES string of the molecule is [C-]#[N+][C@@H]1CCCN1c1ccc([C@H](C)NC(=O)[C@@H]2C[C@@H](O)CN2C(=O)[C@@H](NC(=O)CCOCCCN2CCC[C@H]2COc2nc(N3CC4CCC(C3)N4)c3cnc(-c4cc(OCOC)cc5ccc(F)c(C#C)c45)c(F)c3n2)C(C)(C)C)cc1. The van der Waals surface area contributed by atoms with Crippen LogP contribution in [0.2, 0.25) is 0 Å². The Balaban J connectivity index is 0.742. The summed E-state index contributed by atoms with van der Waals surface area (Å²) in [5.41, 5.74) is 1.22. The van der Waals surface area contributed by atoms with Gasteiger partial charge in [0.25, 0.3) is 6.17 Å². The zero-order valence-corrected chi connectivity index (χ0v) is 48.0. The molecule has 0 aliphatic carbocycles. The molecular weight excluding hydrogens is 1060 g/mol. The van der Waals surface area contributed by atoms with E-state index in [1.165, 1.54) is 18.1 Å². The van der Waals surface area contributed by atoms with Crippen molar-refractivity contribution >= 4 is 50.9 Å². The third-order valence-electron chi connectivity index (χ3n) is 16.8. The molecule has 5 aliphatic heterocycles. The van der Waals surface area contributed by atoms with E-state index in [1.54, 1.807) is 24.4 Å². The lowest BCUT2D eigenvalue weighted by molar-refractivity contribution is -0.144. The number of piperazine rings is 1. The Morgan fingerprint density at radius 1 is 0.976 bits per heavy atom. The van der Waals surface area contributed by atoms with E-state index in [0.717, 1.165) is 62.9 Å². The first-order chi connectivity index (χ1) is 40.0. The number of hydrogen-bond donors (Lipinski definition) is 4. The van der Waals surface area contributed by atoms with Crippen LogP contribution in [0.4, 0.5) is 20.3 Å². The molecule has 440 valence electrons. The Kier molecular flexibility index (Phi) is 18.2. The summed E-state index contributed by atoms with van der Waals surface area (Å²) in [7, 11) is 1.49. The van der Waals surface area contributed by atoms with Crippen molar-refractivity contribution < 1.29 is 47.2 Å². The smallest absolute Gasteiger partial charge is 0.319 e. The van der Waals surface area contributed by atoms with Gasteiger partial charge in [-0.1, -0.05) is 44.9 Å². The largest absolute Gasteiger partial charge is 0.468 e. The molecule has 2 bridgehead atoms. The molecular formula is C62H75F2N11O8. The van der Waals surface area contributed by atoms with Crippen LogP contribution in [0.1, 0.15) is 103 Å². The second-order valence-electron chi connectivity index (χ2n) is 23.6. The molecule has 21 heteroatoms. The second-order valence-corrected chi connectivity index (χ2v) is 23.6. The molecule has 2 aromatic heterocycles. The number of β-amino-alcohol motifs (C(OH)–C–C–N with tert-alkyl or cyclic N) is 1. The first-order valence-electron chi connectivity index (χ1n) is 29.0. The van der Waals surface area contributed by atoms with Gasteiger partial charge in [0.15, 0.2) is 12.6 Å². The molecule has 7 heterocycles. The van der Waals surface area contributed by atoms with E-state index in [0.29, 0.717) is 60.4 Å². The van der Waals surface area contributed by atoms with Crippen molar-refractivity contribution in [3.05, 3.63) is 88.9 Å². The highest BCUT2D eigenvalue weighted by molar-refractivity contribution is 6.03. The lowest BCUT2D eigenvalue weighted by atomic mass is 9.85. The Labute approximate surface area is 483 Å². The minimum absolute atomic E-state index is 0.00457. The number of amides is 3. The molecule has 0 radical (unpaired) electrons. The predicted molar refractivity (Wildman–Crippen MR) is 310 cm³/mol. The number of nitrogens with one attached hydrogen (secondary N) is 3. The van der Waals surface area contributed by atoms with E-state index in [1.807, 2.05) is 52.0 Å². The molecule has 5 saturated heterocycles.